The van der Waals surface area contributed by atoms with Gasteiger partial charge in [0, 0.05) is 5.92 Å². The van der Waals surface area contributed by atoms with Crippen LogP contribution in [0, 0.1) is 11.8 Å². The number of carbonyl (C=O) groups excluding carboxylic acids is 3. The summed E-state index contributed by atoms with van der Waals surface area (Å²) in [4.78, 5) is 63.4. The number of nitrogens with one attached hydrogen (secondary N) is 2. The van der Waals surface area contributed by atoms with E-state index >= 15 is 0 Å². The molecule has 42 heavy (non-hydrogen) atoms. The minimum Gasteiger partial charge on any atom is -0.481 e. The molecule has 1 aliphatic carbocycles. The second kappa shape index (κ2) is 17.1. The number of Topliss-reactive ketones (excluding diaryl/α,β-unsaturated/α-hetero) is 2. The largest absolute Gasteiger partial charge is 0.481 e. The zero-order chi connectivity index (χ0) is 31.4. The van der Waals surface area contributed by atoms with E-state index in [-0.39, 0.29) is 5.92 Å². The quantitative estimate of drug-likeness (QED) is 0.138. The maximum absolute atomic E-state index is 13.9. The smallest absolute Gasteiger partial charge is 0.325 e. The van der Waals surface area contributed by atoms with Crippen LogP contribution in [0.2, 0.25) is 0 Å². The fourth-order valence-corrected chi connectivity index (χ4v) is 5.78. The van der Waals surface area contributed by atoms with Crippen LogP contribution in [0.5, 0.6) is 0 Å². The summed E-state index contributed by atoms with van der Waals surface area (Å²) in [5.74, 6) is -6.52. The number of unbranched alkanes of at least 4 members (excludes halogenated alkanes) is 1. The Hall–Kier alpha value is -3.15. The highest BCUT2D eigenvalue weighted by atomic mass is 16.4. The van der Waals surface area contributed by atoms with Gasteiger partial charge in [0.25, 0.3) is 0 Å². The molecule has 0 saturated heterocycles. The maximum atomic E-state index is 13.9. The lowest BCUT2D eigenvalue weighted by Gasteiger charge is -2.39. The van der Waals surface area contributed by atoms with Gasteiger partial charge in [-0.25, -0.2) is 0 Å². The third-order valence-corrected chi connectivity index (χ3v) is 8.27. The van der Waals surface area contributed by atoms with Gasteiger partial charge in [0.1, 0.15) is 12.1 Å². The van der Waals surface area contributed by atoms with Gasteiger partial charge in [0.05, 0.1) is 24.6 Å². The first-order chi connectivity index (χ1) is 19.9. The number of hydrogen-bond acceptors (Lipinski definition) is 8. The molecule has 2 unspecified atom stereocenters. The molecule has 0 aromatic heterocycles. The fourth-order valence-electron chi connectivity index (χ4n) is 5.78. The molecule has 11 heteroatoms. The summed E-state index contributed by atoms with van der Waals surface area (Å²) in [5.41, 5.74) is 6.57. The van der Waals surface area contributed by atoms with Crippen molar-refractivity contribution in [2.45, 2.75) is 115 Å². The van der Waals surface area contributed by atoms with Crippen molar-refractivity contribution < 1.29 is 39.3 Å². The summed E-state index contributed by atoms with van der Waals surface area (Å²) in [6, 6.07) is 3.61. The highest BCUT2D eigenvalue weighted by molar-refractivity contribution is 6.41. The molecule has 234 valence electrons. The summed E-state index contributed by atoms with van der Waals surface area (Å²) < 4.78 is 0. The third-order valence-electron chi connectivity index (χ3n) is 8.27. The molecule has 2 rings (SSSR count). The van der Waals surface area contributed by atoms with E-state index in [2.05, 4.69) is 10.6 Å². The van der Waals surface area contributed by atoms with Gasteiger partial charge in [0.15, 0.2) is 0 Å². The second-order valence-corrected chi connectivity index (χ2v) is 11.6. The van der Waals surface area contributed by atoms with E-state index in [9.17, 15) is 34.2 Å². The molecule has 0 radical (unpaired) electrons. The first-order valence-electron chi connectivity index (χ1n) is 15.0. The van der Waals surface area contributed by atoms with E-state index < -0.39 is 77.9 Å². The van der Waals surface area contributed by atoms with Crippen LogP contribution in [0.4, 0.5) is 0 Å². The van der Waals surface area contributed by atoms with Gasteiger partial charge in [-0.1, -0.05) is 76.3 Å². The van der Waals surface area contributed by atoms with Gasteiger partial charge in [-0.3, -0.25) is 29.3 Å². The molecule has 0 bridgehead atoms. The predicted octanol–water partition coefficient (Wildman–Crippen LogP) is 2.39. The van der Waals surface area contributed by atoms with Gasteiger partial charge >= 0.3 is 11.9 Å². The van der Waals surface area contributed by atoms with Crippen molar-refractivity contribution in [1.82, 2.24) is 10.6 Å². The number of carboxylic acid groups (broad SMARTS) is 2. The van der Waals surface area contributed by atoms with Gasteiger partial charge < -0.3 is 26.4 Å². The van der Waals surface area contributed by atoms with E-state index in [1.807, 2.05) is 37.3 Å². The number of ketones is 2. The van der Waals surface area contributed by atoms with Gasteiger partial charge in [-0.2, -0.15) is 0 Å². The van der Waals surface area contributed by atoms with Crippen molar-refractivity contribution in [1.29, 1.82) is 0 Å². The number of aliphatic carboxylic acids is 2. The molecule has 11 nitrogen and oxygen atoms in total. The van der Waals surface area contributed by atoms with Crippen LogP contribution in [0.15, 0.2) is 30.3 Å². The average molecular weight is 590 g/mol. The van der Waals surface area contributed by atoms with Crippen LogP contribution in [-0.4, -0.2) is 75.0 Å². The van der Waals surface area contributed by atoms with Crippen molar-refractivity contribution in [2.24, 2.45) is 17.6 Å². The standard InChI is InChI=1S/C31H47N3O8/c1-4-5-12-18(2)27(37)26(29(39)28(38)22(32)17-23(35)36)34-25(30(40)33-19(3)31(41)42)24(20-13-8-6-9-14-20)21-15-10-7-11-16-21/h6,8-9,13-14,18-19,21-22,24-27,34,37H,4-5,7,10-12,15-17,32H2,1-3H3,(H,33,40)(H,35,36)(H,41,42)/t18-,19+,22-,24?,25+,26?,27-/m0/s1. The van der Waals surface area contributed by atoms with Crippen LogP contribution in [-0.2, 0) is 24.0 Å². The molecule has 0 heterocycles. The van der Waals surface area contributed by atoms with Crippen molar-refractivity contribution in [3.05, 3.63) is 35.9 Å². The summed E-state index contributed by atoms with van der Waals surface area (Å²) in [7, 11) is 0. The van der Waals surface area contributed by atoms with Gasteiger partial charge in [0.2, 0.25) is 17.5 Å². The lowest BCUT2D eigenvalue weighted by Crippen LogP contribution is -2.62. The number of carbonyl (C=O) groups is 5. The Bertz CT molecular complexity index is 1060. The predicted molar refractivity (Wildman–Crippen MR) is 157 cm³/mol. The SMILES string of the molecule is CCCC[C@H](C)[C@H](O)C(N[C@@H](C(=O)N[C@H](C)C(=O)O)C(c1ccccc1)C1CCCCC1)C(=O)C(=O)[C@@H](N)CC(=O)O. The van der Waals surface area contributed by atoms with Crippen LogP contribution in [0.25, 0.3) is 0 Å². The minimum atomic E-state index is -1.62. The normalized spacial score (nSPS) is 19.0. The number of aliphatic hydroxyl groups is 1. The summed E-state index contributed by atoms with van der Waals surface area (Å²) in [5, 5.41) is 35.6. The van der Waals surface area contributed by atoms with Gasteiger partial charge in [-0.05, 0) is 43.6 Å². The molecule has 1 saturated carbocycles. The third kappa shape index (κ3) is 9.99. The summed E-state index contributed by atoms with van der Waals surface area (Å²) in [6.07, 6.45) is 4.48. The van der Waals surface area contributed by atoms with E-state index in [4.69, 9.17) is 10.8 Å². The van der Waals surface area contributed by atoms with Crippen LogP contribution in [0.1, 0.15) is 90.0 Å². The molecular formula is C31H47N3O8. The Morgan fingerprint density at radius 3 is 2.12 bits per heavy atom. The number of amides is 1. The summed E-state index contributed by atoms with van der Waals surface area (Å²) >= 11 is 0. The highest BCUT2D eigenvalue weighted by Gasteiger charge is 2.43. The lowest BCUT2D eigenvalue weighted by atomic mass is 9.72. The Morgan fingerprint density at radius 2 is 1.57 bits per heavy atom. The first-order valence-corrected chi connectivity index (χ1v) is 15.0. The maximum Gasteiger partial charge on any atom is 0.325 e. The average Bonchev–Trinajstić information content (AvgIpc) is 2.97. The van der Waals surface area contributed by atoms with Crippen LogP contribution < -0.4 is 16.4 Å². The highest BCUT2D eigenvalue weighted by Crippen LogP contribution is 2.39. The molecule has 1 fully saturated rings. The lowest BCUT2D eigenvalue weighted by molar-refractivity contribution is -0.144. The zero-order valence-corrected chi connectivity index (χ0v) is 24.8. The van der Waals surface area contributed by atoms with Gasteiger partial charge in [-0.15, -0.1) is 0 Å². The second-order valence-electron chi connectivity index (χ2n) is 11.6. The van der Waals surface area contributed by atoms with E-state index in [0.717, 1.165) is 50.5 Å². The Morgan fingerprint density at radius 1 is 0.952 bits per heavy atom. The monoisotopic (exact) mass is 589 g/mol. The molecule has 7 N–H and O–H groups in total. The molecule has 1 aromatic carbocycles. The number of hydrogen-bond donors (Lipinski definition) is 6. The number of aliphatic hydroxyl groups excluding tert-OH is 1. The number of rotatable bonds is 18. The fraction of sp³-hybridized carbons (Fsp3) is 0.645. The minimum absolute atomic E-state index is 0.0000807. The summed E-state index contributed by atoms with van der Waals surface area (Å²) in [6.45, 7) is 5.04. The number of benzene rings is 1. The molecule has 0 spiro atoms. The van der Waals surface area contributed by atoms with Crippen molar-refractivity contribution >= 4 is 29.4 Å². The number of carboxylic acids is 2. The molecular weight excluding hydrogens is 542 g/mol. The Balaban J connectivity index is 2.62. The van der Waals surface area contributed by atoms with Crippen LogP contribution in [0.3, 0.4) is 0 Å². The number of nitrogens with two attached hydrogens (primary N) is 1. The van der Waals surface area contributed by atoms with Crippen molar-refractivity contribution in [3.63, 3.8) is 0 Å². The first kappa shape index (κ1) is 35.0. The molecule has 1 amide bonds. The topological polar surface area (TPSA) is 196 Å². The van der Waals surface area contributed by atoms with E-state index in [1.165, 1.54) is 6.92 Å². The van der Waals surface area contributed by atoms with Crippen molar-refractivity contribution in [3.8, 4) is 0 Å². The van der Waals surface area contributed by atoms with E-state index in [0.29, 0.717) is 6.42 Å². The Labute approximate surface area is 247 Å². The molecule has 1 aliphatic rings. The molecule has 7 atom stereocenters. The Kier molecular flexibility index (Phi) is 14.3. The molecule has 0 aliphatic heterocycles. The van der Waals surface area contributed by atoms with Crippen LogP contribution >= 0.6 is 0 Å². The van der Waals surface area contributed by atoms with Crippen molar-refractivity contribution in [2.75, 3.05) is 0 Å². The van der Waals surface area contributed by atoms with E-state index in [1.54, 1.807) is 6.92 Å². The molecule has 1 aromatic rings. The zero-order valence-electron chi connectivity index (χ0n) is 24.8.